The van der Waals surface area contributed by atoms with E-state index in [4.69, 9.17) is 0 Å². The Kier molecular flexibility index (Phi) is 2.73. The molecule has 0 fully saturated rings. The highest BCUT2D eigenvalue weighted by Gasteiger charge is 2.37. The van der Waals surface area contributed by atoms with Crippen LogP contribution in [0.15, 0.2) is 9.98 Å². The fourth-order valence-corrected chi connectivity index (χ4v) is 0.992. The fraction of sp³-hybridized carbons (Fsp3) is 0.750. The van der Waals surface area contributed by atoms with E-state index in [1.807, 2.05) is 13.8 Å². The van der Waals surface area contributed by atoms with E-state index in [0.717, 1.165) is 0 Å². The van der Waals surface area contributed by atoms with E-state index in [1.54, 1.807) is 0 Å². The first-order valence-electron chi connectivity index (χ1n) is 4.07. The zero-order chi connectivity index (χ0) is 10.1. The van der Waals surface area contributed by atoms with Crippen LogP contribution in [0.4, 0.5) is 13.2 Å². The van der Waals surface area contributed by atoms with Crippen molar-refractivity contribution in [2.24, 2.45) is 21.8 Å². The van der Waals surface area contributed by atoms with E-state index >= 15 is 0 Å². The van der Waals surface area contributed by atoms with E-state index in [2.05, 4.69) is 9.98 Å². The van der Waals surface area contributed by atoms with Crippen molar-refractivity contribution < 1.29 is 13.2 Å². The van der Waals surface area contributed by atoms with Crippen molar-refractivity contribution in [3.05, 3.63) is 0 Å². The van der Waals surface area contributed by atoms with Gasteiger partial charge >= 0.3 is 6.18 Å². The molecule has 0 aromatic rings. The molecular formula is C8H11F3N2. The highest BCUT2D eigenvalue weighted by Crippen LogP contribution is 2.22. The zero-order valence-corrected chi connectivity index (χ0v) is 7.47. The molecule has 1 atom stereocenters. The second kappa shape index (κ2) is 3.47. The number of halogens is 3. The SMILES string of the molecule is CC(C)C1C=NC(C(F)(F)F)=NC1. The first-order valence-corrected chi connectivity index (χ1v) is 4.07. The summed E-state index contributed by atoms with van der Waals surface area (Å²) in [7, 11) is 0. The standard InChI is InChI=1S/C8H11F3N2/c1-5(2)6-3-12-7(13-4-6)8(9,10)11/h3,5-6H,4H2,1-2H3. The molecule has 0 spiro atoms. The van der Waals surface area contributed by atoms with Gasteiger partial charge in [0.2, 0.25) is 5.84 Å². The number of amidine groups is 1. The molecule has 0 N–H and O–H groups in total. The zero-order valence-electron chi connectivity index (χ0n) is 7.47. The van der Waals surface area contributed by atoms with Crippen LogP contribution in [0.1, 0.15) is 13.8 Å². The second-order valence-electron chi connectivity index (χ2n) is 3.35. The molecule has 74 valence electrons. The summed E-state index contributed by atoms with van der Waals surface area (Å²) < 4.78 is 36.1. The predicted molar refractivity (Wildman–Crippen MR) is 45.2 cm³/mol. The topological polar surface area (TPSA) is 24.7 Å². The maximum Gasteiger partial charge on any atom is 0.451 e. The lowest BCUT2D eigenvalue weighted by molar-refractivity contribution is -0.0600. The van der Waals surface area contributed by atoms with Crippen LogP contribution >= 0.6 is 0 Å². The van der Waals surface area contributed by atoms with Gasteiger partial charge in [0.1, 0.15) is 0 Å². The summed E-state index contributed by atoms with van der Waals surface area (Å²) >= 11 is 0. The maximum absolute atomic E-state index is 12.0. The molecule has 2 nitrogen and oxygen atoms in total. The first-order chi connectivity index (χ1) is 5.91. The van der Waals surface area contributed by atoms with Crippen LogP contribution < -0.4 is 0 Å². The van der Waals surface area contributed by atoms with E-state index in [0.29, 0.717) is 0 Å². The summed E-state index contributed by atoms with van der Waals surface area (Å²) in [6, 6.07) is 0. The van der Waals surface area contributed by atoms with Gasteiger partial charge in [0.05, 0.1) is 0 Å². The van der Waals surface area contributed by atoms with Gasteiger partial charge in [0, 0.05) is 18.7 Å². The molecule has 1 aliphatic rings. The van der Waals surface area contributed by atoms with Crippen LogP contribution in [0.25, 0.3) is 0 Å². The highest BCUT2D eigenvalue weighted by atomic mass is 19.4. The number of hydrogen-bond donors (Lipinski definition) is 0. The van der Waals surface area contributed by atoms with E-state index in [1.165, 1.54) is 6.21 Å². The number of hydrogen-bond acceptors (Lipinski definition) is 2. The monoisotopic (exact) mass is 192 g/mol. The summed E-state index contributed by atoms with van der Waals surface area (Å²) in [5.41, 5.74) is 0. The Balaban J connectivity index is 2.66. The normalized spacial score (nSPS) is 23.5. The van der Waals surface area contributed by atoms with Crippen LogP contribution in [0.2, 0.25) is 0 Å². The Bertz CT molecular complexity index is 240. The average Bonchev–Trinajstić information content (AvgIpc) is 2.03. The van der Waals surface area contributed by atoms with Crippen molar-refractivity contribution in [2.45, 2.75) is 20.0 Å². The second-order valence-corrected chi connectivity index (χ2v) is 3.35. The van der Waals surface area contributed by atoms with Gasteiger partial charge in [-0.1, -0.05) is 13.8 Å². The third kappa shape index (κ3) is 2.54. The van der Waals surface area contributed by atoms with Crippen LogP contribution in [0.5, 0.6) is 0 Å². The number of alkyl halides is 3. The lowest BCUT2D eigenvalue weighted by Gasteiger charge is -2.18. The summed E-state index contributed by atoms with van der Waals surface area (Å²) in [5.74, 6) is -0.696. The van der Waals surface area contributed by atoms with Crippen molar-refractivity contribution in [3.63, 3.8) is 0 Å². The number of rotatable bonds is 1. The van der Waals surface area contributed by atoms with E-state index in [9.17, 15) is 13.2 Å². The van der Waals surface area contributed by atoms with Crippen molar-refractivity contribution >= 4 is 12.1 Å². The Hall–Kier alpha value is -0.870. The molecule has 0 radical (unpaired) electrons. The third-order valence-electron chi connectivity index (χ3n) is 1.95. The minimum atomic E-state index is -4.40. The molecule has 1 aliphatic heterocycles. The van der Waals surface area contributed by atoms with Crippen molar-refractivity contribution in [1.82, 2.24) is 0 Å². The summed E-state index contributed by atoms with van der Waals surface area (Å²) in [5, 5.41) is 0. The van der Waals surface area contributed by atoms with Gasteiger partial charge in [-0.15, -0.1) is 0 Å². The molecule has 1 unspecified atom stereocenters. The molecule has 13 heavy (non-hydrogen) atoms. The van der Waals surface area contributed by atoms with Gasteiger partial charge in [0.25, 0.3) is 0 Å². The van der Waals surface area contributed by atoms with Gasteiger partial charge in [-0.3, -0.25) is 4.99 Å². The molecule has 0 aromatic carbocycles. The Morgan fingerprint density at radius 1 is 1.46 bits per heavy atom. The minimum absolute atomic E-state index is 0.0334. The molecule has 0 bridgehead atoms. The molecule has 0 aromatic heterocycles. The summed E-state index contributed by atoms with van der Waals surface area (Å²) in [4.78, 5) is 6.70. The van der Waals surface area contributed by atoms with Gasteiger partial charge in [-0.05, 0) is 5.92 Å². The Labute approximate surface area is 74.6 Å². The molecule has 5 heteroatoms. The molecule has 0 amide bonds. The average molecular weight is 192 g/mol. The lowest BCUT2D eigenvalue weighted by Crippen LogP contribution is -2.28. The van der Waals surface area contributed by atoms with Gasteiger partial charge in [-0.25, -0.2) is 4.99 Å². The maximum atomic E-state index is 12.0. The van der Waals surface area contributed by atoms with Crippen LogP contribution in [-0.2, 0) is 0 Å². The van der Waals surface area contributed by atoms with Gasteiger partial charge < -0.3 is 0 Å². The van der Waals surface area contributed by atoms with E-state index < -0.39 is 12.0 Å². The molecule has 0 aliphatic carbocycles. The third-order valence-corrected chi connectivity index (χ3v) is 1.95. The quantitative estimate of drug-likeness (QED) is 0.609. The molecule has 1 heterocycles. The Morgan fingerprint density at radius 3 is 2.38 bits per heavy atom. The molecule has 0 saturated heterocycles. The molecule has 0 saturated carbocycles. The minimum Gasteiger partial charge on any atom is -0.262 e. The van der Waals surface area contributed by atoms with Crippen LogP contribution in [0.3, 0.4) is 0 Å². The smallest absolute Gasteiger partial charge is 0.262 e. The van der Waals surface area contributed by atoms with Crippen molar-refractivity contribution in [2.75, 3.05) is 6.54 Å². The largest absolute Gasteiger partial charge is 0.451 e. The Morgan fingerprint density at radius 2 is 2.08 bits per heavy atom. The first kappa shape index (κ1) is 10.2. The molecule has 1 rings (SSSR count). The highest BCUT2D eigenvalue weighted by molar-refractivity contribution is 5.95. The van der Waals surface area contributed by atoms with Gasteiger partial charge in [-0.2, -0.15) is 13.2 Å². The van der Waals surface area contributed by atoms with Crippen molar-refractivity contribution in [1.29, 1.82) is 0 Å². The van der Waals surface area contributed by atoms with Crippen LogP contribution in [0, 0.1) is 11.8 Å². The number of nitrogens with zero attached hydrogens (tertiary/aromatic N) is 2. The van der Waals surface area contributed by atoms with Crippen molar-refractivity contribution in [3.8, 4) is 0 Å². The van der Waals surface area contributed by atoms with E-state index in [-0.39, 0.29) is 18.4 Å². The predicted octanol–water partition coefficient (Wildman–Crippen LogP) is 2.30. The summed E-state index contributed by atoms with van der Waals surface area (Å²) in [6.07, 6.45) is -3.06. The van der Waals surface area contributed by atoms with Crippen LogP contribution in [-0.4, -0.2) is 24.8 Å². The fourth-order valence-electron chi connectivity index (χ4n) is 0.992. The number of aliphatic imine (C=N–C) groups is 2. The summed E-state index contributed by atoms with van der Waals surface area (Å²) in [6.45, 7) is 4.06. The van der Waals surface area contributed by atoms with Gasteiger partial charge in [0.15, 0.2) is 0 Å². The molecular weight excluding hydrogens is 181 g/mol. The lowest BCUT2D eigenvalue weighted by atomic mass is 9.97.